The van der Waals surface area contributed by atoms with Crippen molar-refractivity contribution in [2.45, 2.75) is 38.3 Å². The van der Waals surface area contributed by atoms with E-state index in [0.29, 0.717) is 13.2 Å². The van der Waals surface area contributed by atoms with Gasteiger partial charge in [-0.3, -0.25) is 0 Å². The first-order valence-electron chi connectivity index (χ1n) is 6.27. The summed E-state index contributed by atoms with van der Waals surface area (Å²) in [6.07, 6.45) is 2.51. The zero-order chi connectivity index (χ0) is 14.4. The predicted octanol–water partition coefficient (Wildman–Crippen LogP) is 0.319. The highest BCUT2D eigenvalue weighted by molar-refractivity contribution is 6.60. The molecule has 6 nitrogen and oxygen atoms in total. The first-order chi connectivity index (χ1) is 8.55. The fourth-order valence-electron chi connectivity index (χ4n) is 1.28. The first kappa shape index (κ1) is 20.3. The lowest BCUT2D eigenvalue weighted by Crippen LogP contribution is -2.44. The Hall–Kier alpha value is -0.0231. The van der Waals surface area contributed by atoms with Crippen LogP contribution in [0.3, 0.4) is 0 Å². The van der Waals surface area contributed by atoms with Crippen molar-refractivity contribution in [1.82, 2.24) is 0 Å². The molecule has 0 aliphatic carbocycles. The predicted molar refractivity (Wildman–Crippen MR) is 75.2 cm³/mol. The molecule has 0 aromatic heterocycles. The third-order valence-electron chi connectivity index (χ3n) is 2.52. The van der Waals surface area contributed by atoms with Crippen molar-refractivity contribution in [3.63, 3.8) is 0 Å². The molecule has 0 saturated carbocycles. The van der Waals surface area contributed by atoms with Crippen LogP contribution >= 0.6 is 0 Å². The second-order valence-electron chi connectivity index (χ2n) is 3.90. The van der Waals surface area contributed by atoms with Crippen molar-refractivity contribution in [2.75, 3.05) is 34.5 Å². The Bertz CT molecular complexity index is 161. The Balaban J connectivity index is 0. The fraction of sp³-hybridized carbons (Fsp3) is 1.00. The second-order valence-corrected chi connectivity index (χ2v) is 6.99. The summed E-state index contributed by atoms with van der Waals surface area (Å²) in [4.78, 5) is 0. The highest BCUT2D eigenvalue weighted by Gasteiger charge is 2.37. The maximum absolute atomic E-state index is 7.88. The van der Waals surface area contributed by atoms with Gasteiger partial charge in [0.25, 0.3) is 0 Å². The summed E-state index contributed by atoms with van der Waals surface area (Å²) in [7, 11) is 2.38. The summed E-state index contributed by atoms with van der Waals surface area (Å²) in [5.74, 6) is 0. The SMILES string of the molecule is CCCO.CO[Si](CCC(N)CCN)(OC)OC. The average molecular weight is 282 g/mol. The van der Waals surface area contributed by atoms with Crippen LogP contribution < -0.4 is 11.5 Å². The maximum atomic E-state index is 7.88. The number of nitrogens with two attached hydrogens (primary N) is 2. The van der Waals surface area contributed by atoms with E-state index in [1.54, 1.807) is 21.3 Å². The third-order valence-corrected chi connectivity index (χ3v) is 5.28. The fourth-order valence-corrected chi connectivity index (χ4v) is 3.11. The van der Waals surface area contributed by atoms with Crippen LogP contribution in [-0.4, -0.2) is 54.4 Å². The van der Waals surface area contributed by atoms with E-state index in [4.69, 9.17) is 29.9 Å². The molecule has 5 N–H and O–H groups in total. The van der Waals surface area contributed by atoms with Crippen molar-refractivity contribution in [2.24, 2.45) is 11.5 Å². The van der Waals surface area contributed by atoms with E-state index in [1.807, 2.05) is 6.92 Å². The summed E-state index contributed by atoms with van der Waals surface area (Å²) in [5, 5.41) is 7.88. The Morgan fingerprint density at radius 2 is 1.56 bits per heavy atom. The van der Waals surface area contributed by atoms with Gasteiger partial charge in [-0.1, -0.05) is 6.92 Å². The van der Waals surface area contributed by atoms with Crippen LogP contribution in [0.2, 0.25) is 6.04 Å². The first-order valence-corrected chi connectivity index (χ1v) is 8.20. The van der Waals surface area contributed by atoms with E-state index in [0.717, 1.165) is 25.3 Å². The zero-order valence-corrected chi connectivity index (χ0v) is 13.1. The molecule has 18 heavy (non-hydrogen) atoms. The molecule has 1 unspecified atom stereocenters. The number of aliphatic hydroxyl groups excluding tert-OH is 1. The molecule has 0 amide bonds. The van der Waals surface area contributed by atoms with Crippen molar-refractivity contribution in [3.05, 3.63) is 0 Å². The molecule has 0 rings (SSSR count). The van der Waals surface area contributed by atoms with Crippen LogP contribution in [-0.2, 0) is 13.3 Å². The molecule has 7 heteroatoms. The van der Waals surface area contributed by atoms with Crippen molar-refractivity contribution in [3.8, 4) is 0 Å². The quantitative estimate of drug-likeness (QED) is 0.527. The summed E-state index contributed by atoms with van der Waals surface area (Å²) in [6, 6.07) is 0.838. The topological polar surface area (TPSA) is 100.0 Å². The van der Waals surface area contributed by atoms with Crippen molar-refractivity contribution in [1.29, 1.82) is 0 Å². The molecule has 0 aromatic carbocycles. The lowest BCUT2D eigenvalue weighted by atomic mass is 10.2. The Morgan fingerprint density at radius 3 is 1.83 bits per heavy atom. The van der Waals surface area contributed by atoms with E-state index in [-0.39, 0.29) is 6.04 Å². The molecule has 0 heterocycles. The number of rotatable bonds is 9. The van der Waals surface area contributed by atoms with E-state index >= 15 is 0 Å². The second kappa shape index (κ2) is 13.4. The van der Waals surface area contributed by atoms with E-state index in [2.05, 4.69) is 0 Å². The van der Waals surface area contributed by atoms with Gasteiger partial charge in [0.1, 0.15) is 0 Å². The minimum Gasteiger partial charge on any atom is -0.396 e. The largest absolute Gasteiger partial charge is 0.500 e. The minimum absolute atomic E-state index is 0.104. The lowest BCUT2D eigenvalue weighted by molar-refractivity contribution is 0.122. The van der Waals surface area contributed by atoms with Crippen LogP contribution in [0.5, 0.6) is 0 Å². The lowest BCUT2D eigenvalue weighted by Gasteiger charge is -2.25. The Kier molecular flexibility index (Phi) is 15.1. The molecular formula is C11H30N2O4Si. The number of hydrogen-bond acceptors (Lipinski definition) is 6. The molecule has 0 fully saturated rings. The van der Waals surface area contributed by atoms with Gasteiger partial charge in [0.15, 0.2) is 0 Å². The van der Waals surface area contributed by atoms with Crippen molar-refractivity contribution < 1.29 is 18.4 Å². The van der Waals surface area contributed by atoms with Gasteiger partial charge in [-0.05, 0) is 25.8 Å². The maximum Gasteiger partial charge on any atom is 0.500 e. The number of hydrogen-bond donors (Lipinski definition) is 3. The molecule has 0 bridgehead atoms. The summed E-state index contributed by atoms with van der Waals surface area (Å²) in [6.45, 7) is 2.86. The monoisotopic (exact) mass is 282 g/mol. The van der Waals surface area contributed by atoms with E-state index in [9.17, 15) is 0 Å². The van der Waals surface area contributed by atoms with Crippen LogP contribution in [0.1, 0.15) is 26.2 Å². The summed E-state index contributed by atoms with van der Waals surface area (Å²) >= 11 is 0. The van der Waals surface area contributed by atoms with E-state index < -0.39 is 8.80 Å². The van der Waals surface area contributed by atoms with Gasteiger partial charge in [0, 0.05) is 40.0 Å². The normalized spacial score (nSPS) is 12.8. The highest BCUT2D eigenvalue weighted by atomic mass is 28.4. The van der Waals surface area contributed by atoms with Crippen LogP contribution in [0.4, 0.5) is 0 Å². The van der Waals surface area contributed by atoms with Gasteiger partial charge in [0.2, 0.25) is 0 Å². The average Bonchev–Trinajstić information content (AvgIpc) is 2.41. The summed E-state index contributed by atoms with van der Waals surface area (Å²) in [5.41, 5.74) is 11.2. The molecule has 0 saturated heterocycles. The van der Waals surface area contributed by atoms with Gasteiger partial charge in [-0.25, -0.2) is 0 Å². The molecule has 0 aliphatic rings. The standard InChI is InChI=1S/C8H22N2O3Si.C3H8O/c1-11-14(12-2,13-3)7-5-8(10)4-6-9;1-2-3-4/h8H,4-7,9-10H2,1-3H3;4H,2-3H2,1H3. The molecular weight excluding hydrogens is 252 g/mol. The molecule has 0 aliphatic heterocycles. The molecule has 0 aromatic rings. The Morgan fingerprint density at radius 1 is 1.11 bits per heavy atom. The third kappa shape index (κ3) is 9.95. The van der Waals surface area contributed by atoms with E-state index in [1.165, 1.54) is 0 Å². The zero-order valence-electron chi connectivity index (χ0n) is 12.1. The smallest absolute Gasteiger partial charge is 0.396 e. The van der Waals surface area contributed by atoms with Crippen LogP contribution in [0.15, 0.2) is 0 Å². The minimum atomic E-state index is -2.43. The Labute approximate surface area is 112 Å². The van der Waals surface area contributed by atoms with Gasteiger partial charge in [0.05, 0.1) is 0 Å². The molecule has 1 atom stereocenters. The van der Waals surface area contributed by atoms with Crippen LogP contribution in [0.25, 0.3) is 0 Å². The van der Waals surface area contributed by atoms with Crippen molar-refractivity contribution >= 4 is 8.80 Å². The molecule has 0 spiro atoms. The van der Waals surface area contributed by atoms with Gasteiger partial charge in [-0.2, -0.15) is 0 Å². The van der Waals surface area contributed by atoms with Crippen LogP contribution in [0, 0.1) is 0 Å². The van der Waals surface area contributed by atoms with Gasteiger partial charge < -0.3 is 29.9 Å². The molecule has 112 valence electrons. The van der Waals surface area contributed by atoms with Gasteiger partial charge >= 0.3 is 8.80 Å². The molecule has 0 radical (unpaired) electrons. The highest BCUT2D eigenvalue weighted by Crippen LogP contribution is 2.16. The van der Waals surface area contributed by atoms with Gasteiger partial charge in [-0.15, -0.1) is 0 Å². The number of aliphatic hydroxyl groups is 1. The summed E-state index contributed by atoms with van der Waals surface area (Å²) < 4.78 is 15.8.